The van der Waals surface area contributed by atoms with E-state index in [9.17, 15) is 0 Å². The molecule has 0 aliphatic carbocycles. The first kappa shape index (κ1) is 11.8. The number of nitriles is 1. The molecule has 4 heteroatoms. The predicted octanol–water partition coefficient (Wildman–Crippen LogP) is 1.70. The van der Waals surface area contributed by atoms with Crippen LogP contribution in [-0.4, -0.2) is 16.3 Å². The number of nitrogens with zero attached hydrogens (tertiary/aromatic N) is 3. The van der Waals surface area contributed by atoms with Crippen molar-refractivity contribution >= 4 is 11.8 Å². The van der Waals surface area contributed by atoms with Crippen molar-refractivity contribution in [1.29, 1.82) is 5.26 Å². The molecule has 1 rings (SSSR count). The summed E-state index contributed by atoms with van der Waals surface area (Å²) in [6, 6.07) is 5.29. The number of rotatable bonds is 4. The molecule has 1 N–H and O–H groups in total. The summed E-state index contributed by atoms with van der Waals surface area (Å²) in [5.74, 6) is 0. The summed E-state index contributed by atoms with van der Waals surface area (Å²) in [4.78, 5) is 7.81. The maximum atomic E-state index is 8.82. The van der Waals surface area contributed by atoms with Gasteiger partial charge in [0.05, 0.1) is 12.3 Å². The molecule has 0 radical (unpaired) electrons. The number of hydrogen-bond acceptors (Lipinski definition) is 4. The largest absolute Gasteiger partial charge is 0.390 e. The fourth-order valence-corrected chi connectivity index (χ4v) is 0.967. The average molecular weight is 213 g/mol. The summed E-state index contributed by atoms with van der Waals surface area (Å²) in [5.41, 5.74) is 2.14. The molecule has 0 saturated carbocycles. The van der Waals surface area contributed by atoms with Gasteiger partial charge < -0.3 is 5.11 Å². The standard InChI is InChI=1S/C12H11N3O/c1-9(6-14-10(2)5-13)11-3-4-12(8-16)15-7-11/h3-4,6-7,16H,1-2,8H2. The summed E-state index contributed by atoms with van der Waals surface area (Å²) in [6.45, 7) is 7.11. The summed E-state index contributed by atoms with van der Waals surface area (Å²) in [6.07, 6.45) is 3.05. The van der Waals surface area contributed by atoms with Crippen LogP contribution in [-0.2, 0) is 6.61 Å². The van der Waals surface area contributed by atoms with Gasteiger partial charge in [0.1, 0.15) is 11.8 Å². The number of aliphatic hydroxyl groups excluding tert-OH is 1. The summed E-state index contributed by atoms with van der Waals surface area (Å²) in [7, 11) is 0. The number of hydrogen-bond donors (Lipinski definition) is 1. The maximum absolute atomic E-state index is 8.82. The highest BCUT2D eigenvalue weighted by Crippen LogP contribution is 2.10. The molecular weight excluding hydrogens is 202 g/mol. The minimum Gasteiger partial charge on any atom is -0.390 e. The highest BCUT2D eigenvalue weighted by atomic mass is 16.3. The van der Waals surface area contributed by atoms with Crippen LogP contribution in [0.1, 0.15) is 11.3 Å². The van der Waals surface area contributed by atoms with Crippen molar-refractivity contribution in [2.24, 2.45) is 4.99 Å². The van der Waals surface area contributed by atoms with Crippen molar-refractivity contribution in [3.05, 3.63) is 48.4 Å². The Hall–Kier alpha value is -2.25. The van der Waals surface area contributed by atoms with Crippen molar-refractivity contribution in [3.8, 4) is 6.07 Å². The zero-order valence-corrected chi connectivity index (χ0v) is 8.72. The van der Waals surface area contributed by atoms with E-state index in [1.165, 1.54) is 6.21 Å². The molecule has 0 unspecified atom stereocenters. The van der Waals surface area contributed by atoms with Crippen molar-refractivity contribution in [1.82, 2.24) is 4.98 Å². The van der Waals surface area contributed by atoms with E-state index in [0.29, 0.717) is 11.3 Å². The lowest BCUT2D eigenvalue weighted by Gasteiger charge is -2.00. The van der Waals surface area contributed by atoms with E-state index >= 15 is 0 Å². The fraction of sp³-hybridized carbons (Fsp3) is 0.0833. The monoisotopic (exact) mass is 213 g/mol. The zero-order valence-electron chi connectivity index (χ0n) is 8.72. The van der Waals surface area contributed by atoms with Crippen LogP contribution in [0.15, 0.2) is 42.2 Å². The first-order chi connectivity index (χ1) is 7.67. The van der Waals surface area contributed by atoms with E-state index in [4.69, 9.17) is 10.4 Å². The third kappa shape index (κ3) is 3.15. The minimum absolute atomic E-state index is 0.0912. The van der Waals surface area contributed by atoms with Crippen LogP contribution in [0, 0.1) is 11.3 Å². The van der Waals surface area contributed by atoms with Gasteiger partial charge in [-0.2, -0.15) is 5.26 Å². The highest BCUT2D eigenvalue weighted by Gasteiger charge is 1.97. The SMILES string of the molecule is C=C(C#N)N=CC(=C)c1ccc(CO)nc1. The van der Waals surface area contributed by atoms with Crippen LogP contribution in [0.2, 0.25) is 0 Å². The van der Waals surface area contributed by atoms with Crippen LogP contribution >= 0.6 is 0 Å². The smallest absolute Gasteiger partial charge is 0.133 e. The third-order valence-corrected chi connectivity index (χ3v) is 1.86. The van der Waals surface area contributed by atoms with Crippen LogP contribution in [0.5, 0.6) is 0 Å². The minimum atomic E-state index is -0.0912. The van der Waals surface area contributed by atoms with Crippen molar-refractivity contribution in [3.63, 3.8) is 0 Å². The Morgan fingerprint density at radius 3 is 2.81 bits per heavy atom. The van der Waals surface area contributed by atoms with Gasteiger partial charge in [0.15, 0.2) is 0 Å². The molecule has 0 aliphatic rings. The lowest BCUT2D eigenvalue weighted by Crippen LogP contribution is -1.91. The molecule has 4 nitrogen and oxygen atoms in total. The molecule has 1 heterocycles. The van der Waals surface area contributed by atoms with Crippen LogP contribution in [0.25, 0.3) is 5.57 Å². The fourth-order valence-electron chi connectivity index (χ4n) is 0.967. The van der Waals surface area contributed by atoms with Gasteiger partial charge in [0, 0.05) is 18.0 Å². The molecule has 0 saturated heterocycles. The normalized spacial score (nSPS) is 10.0. The lowest BCUT2D eigenvalue weighted by molar-refractivity contribution is 0.277. The second kappa shape index (κ2) is 5.59. The number of aromatic nitrogens is 1. The Bertz CT molecular complexity index is 466. The van der Waals surface area contributed by atoms with Gasteiger partial charge >= 0.3 is 0 Å². The van der Waals surface area contributed by atoms with E-state index in [0.717, 1.165) is 5.56 Å². The Labute approximate surface area is 93.9 Å². The predicted molar refractivity (Wildman–Crippen MR) is 62.4 cm³/mol. The van der Waals surface area contributed by atoms with Crippen molar-refractivity contribution in [2.45, 2.75) is 6.61 Å². The van der Waals surface area contributed by atoms with E-state index < -0.39 is 0 Å². The van der Waals surface area contributed by atoms with Crippen molar-refractivity contribution in [2.75, 3.05) is 0 Å². The Morgan fingerprint density at radius 1 is 1.56 bits per heavy atom. The van der Waals surface area contributed by atoms with Gasteiger partial charge in [0.2, 0.25) is 0 Å². The quantitative estimate of drug-likeness (QED) is 0.611. The molecule has 0 atom stereocenters. The van der Waals surface area contributed by atoms with Crippen molar-refractivity contribution < 1.29 is 5.11 Å². The first-order valence-corrected chi connectivity index (χ1v) is 4.55. The summed E-state index contributed by atoms with van der Waals surface area (Å²) < 4.78 is 0. The van der Waals surface area contributed by atoms with Gasteiger partial charge in [-0.05, 0) is 11.6 Å². The molecule has 0 spiro atoms. The molecule has 16 heavy (non-hydrogen) atoms. The van der Waals surface area contributed by atoms with E-state index in [2.05, 4.69) is 23.1 Å². The number of aliphatic imine (C=N–C) groups is 1. The van der Waals surface area contributed by atoms with E-state index in [-0.39, 0.29) is 12.3 Å². The molecule has 0 bridgehead atoms. The molecule has 1 aromatic rings. The molecule has 0 fully saturated rings. The van der Waals surface area contributed by atoms with Gasteiger partial charge in [-0.25, -0.2) is 4.99 Å². The van der Waals surface area contributed by atoms with Gasteiger partial charge in [-0.15, -0.1) is 0 Å². The molecule has 0 amide bonds. The number of aliphatic hydroxyl groups is 1. The summed E-state index contributed by atoms with van der Waals surface area (Å²) >= 11 is 0. The number of pyridine rings is 1. The zero-order chi connectivity index (χ0) is 12.0. The Morgan fingerprint density at radius 2 is 2.31 bits per heavy atom. The number of allylic oxidation sites excluding steroid dienone is 2. The van der Waals surface area contributed by atoms with Gasteiger partial charge in [-0.3, -0.25) is 4.98 Å². The van der Waals surface area contributed by atoms with Gasteiger partial charge in [-0.1, -0.05) is 19.2 Å². The topological polar surface area (TPSA) is 69.3 Å². The third-order valence-electron chi connectivity index (χ3n) is 1.86. The summed E-state index contributed by atoms with van der Waals surface area (Å²) in [5, 5.41) is 17.3. The van der Waals surface area contributed by atoms with Crippen LogP contribution < -0.4 is 0 Å². The second-order valence-electron chi connectivity index (χ2n) is 3.04. The maximum Gasteiger partial charge on any atom is 0.133 e. The molecule has 80 valence electrons. The Balaban J connectivity index is 2.78. The first-order valence-electron chi connectivity index (χ1n) is 4.55. The van der Waals surface area contributed by atoms with E-state index in [1.54, 1.807) is 18.3 Å². The van der Waals surface area contributed by atoms with Crippen LogP contribution in [0.3, 0.4) is 0 Å². The Kier molecular flexibility index (Phi) is 4.13. The highest BCUT2D eigenvalue weighted by molar-refractivity contribution is 6.09. The van der Waals surface area contributed by atoms with E-state index in [1.807, 2.05) is 6.07 Å². The molecular formula is C12H11N3O. The van der Waals surface area contributed by atoms with Crippen LogP contribution in [0.4, 0.5) is 0 Å². The average Bonchev–Trinajstić information content (AvgIpc) is 2.35. The molecule has 0 aromatic carbocycles. The van der Waals surface area contributed by atoms with Gasteiger partial charge in [0.25, 0.3) is 0 Å². The lowest BCUT2D eigenvalue weighted by atomic mass is 10.1. The molecule has 1 aromatic heterocycles. The molecule has 0 aliphatic heterocycles. The second-order valence-corrected chi connectivity index (χ2v) is 3.04.